The number of benzene rings is 2. The summed E-state index contributed by atoms with van der Waals surface area (Å²) in [7, 11) is 0. The average Bonchev–Trinajstić information content (AvgIpc) is 3.41. The van der Waals surface area contributed by atoms with Crippen molar-refractivity contribution in [1.29, 1.82) is 0 Å². The standard InChI is InChI=1S/C13H9.C8H14.C5H5.2ClH.Hf/c1-3-7-12-10(5-1)9-11-6-2-4-8-13(11)12;1-2-8-6-4-3-5-7-8;1-2-4-5-3-1;;;/h1-5,7-8H,9H2;8H,3-7H2,1H3;1-5H;2*1H;/q-1;;-1;;;+2/p-2. The van der Waals surface area contributed by atoms with Crippen LogP contribution in [0.15, 0.2) is 72.8 Å². The van der Waals surface area contributed by atoms with Gasteiger partial charge in [-0.05, 0) is 6.42 Å². The third kappa shape index (κ3) is 8.04. The molecule has 0 amide bonds. The van der Waals surface area contributed by atoms with E-state index in [-0.39, 0.29) is 24.8 Å². The molecule has 5 rings (SSSR count). The molecule has 0 aromatic heterocycles. The van der Waals surface area contributed by atoms with Crippen LogP contribution in [-0.4, -0.2) is 3.26 Å². The predicted molar refractivity (Wildman–Crippen MR) is 113 cm³/mol. The van der Waals surface area contributed by atoms with E-state index in [0.717, 1.165) is 12.3 Å². The van der Waals surface area contributed by atoms with Crippen LogP contribution in [0.25, 0.3) is 11.1 Å². The summed E-state index contributed by atoms with van der Waals surface area (Å²) in [6.45, 7) is 2.34. The molecule has 0 unspecified atom stereocenters. The van der Waals surface area contributed by atoms with Crippen LogP contribution in [0.5, 0.6) is 0 Å². The molecule has 0 N–H and O–H groups in total. The van der Waals surface area contributed by atoms with Gasteiger partial charge in [-0.15, -0.1) is 5.56 Å². The Morgan fingerprint density at radius 1 is 0.897 bits per heavy atom. The first-order valence-corrected chi connectivity index (χ1v) is 11.8. The van der Waals surface area contributed by atoms with Gasteiger partial charge in [0.15, 0.2) is 0 Å². The Kier molecular flexibility index (Phi) is 12.8. The van der Waals surface area contributed by atoms with Crippen molar-refractivity contribution in [2.75, 3.05) is 0 Å². The summed E-state index contributed by atoms with van der Waals surface area (Å²) in [4.78, 5) is 0. The first-order chi connectivity index (χ1) is 13.3. The maximum Gasteiger partial charge on any atom is -0.0253 e. The van der Waals surface area contributed by atoms with Gasteiger partial charge < -0.3 is 24.8 Å². The number of rotatable bonds is 1. The van der Waals surface area contributed by atoms with E-state index in [1.807, 2.05) is 36.4 Å². The van der Waals surface area contributed by atoms with Crippen LogP contribution in [0.4, 0.5) is 0 Å². The van der Waals surface area contributed by atoms with E-state index in [2.05, 4.69) is 49.4 Å². The zero-order valence-electron chi connectivity index (χ0n) is 17.0. The third-order valence-corrected chi connectivity index (χ3v) is 6.86. The summed E-state index contributed by atoms with van der Waals surface area (Å²) in [5.74, 6) is 1.03. The molecule has 0 nitrogen and oxygen atoms in total. The molecule has 1 saturated carbocycles. The molecule has 3 aromatic carbocycles. The quantitative estimate of drug-likeness (QED) is 0.228. The zero-order chi connectivity index (χ0) is 18.9. The summed E-state index contributed by atoms with van der Waals surface area (Å²) >= 11 is 1.33. The van der Waals surface area contributed by atoms with Crippen LogP contribution in [0, 0.1) is 12.0 Å². The van der Waals surface area contributed by atoms with Gasteiger partial charge in [0, 0.05) is 0 Å². The molecule has 0 bridgehead atoms. The maximum atomic E-state index is 3.30. The number of halogens is 2. The van der Waals surface area contributed by atoms with Crippen molar-refractivity contribution < 1.29 is 48.7 Å². The Bertz CT molecular complexity index is 773. The largest absolute Gasteiger partial charge is 1.00 e. The van der Waals surface area contributed by atoms with Crippen molar-refractivity contribution in [1.82, 2.24) is 0 Å². The monoisotopic (exact) mass is 590 g/mol. The second kappa shape index (κ2) is 14.2. The number of hydrogen-bond donors (Lipinski definition) is 0. The summed E-state index contributed by atoms with van der Waals surface area (Å²) in [5, 5.41) is 0. The van der Waals surface area contributed by atoms with Crippen LogP contribution in [0.1, 0.15) is 50.2 Å². The molecule has 3 aromatic rings. The smallest absolute Gasteiger partial charge is 0.0253 e. The molecule has 1 fully saturated rings. The first kappa shape index (κ1) is 26.1. The van der Waals surface area contributed by atoms with Crippen LogP contribution in [-0.2, 0) is 30.3 Å². The van der Waals surface area contributed by atoms with Gasteiger partial charge in [0.1, 0.15) is 0 Å². The van der Waals surface area contributed by atoms with Crippen molar-refractivity contribution >= 4 is 3.26 Å². The van der Waals surface area contributed by atoms with Crippen LogP contribution < -0.4 is 24.8 Å². The van der Waals surface area contributed by atoms with Gasteiger partial charge in [0.2, 0.25) is 0 Å². The molecule has 0 atom stereocenters. The number of hydrogen-bond acceptors (Lipinski definition) is 0. The predicted octanol–water partition coefficient (Wildman–Crippen LogP) is 0.777. The van der Waals surface area contributed by atoms with Gasteiger partial charge in [-0.25, -0.2) is 12.1 Å². The van der Waals surface area contributed by atoms with Gasteiger partial charge in [-0.1, -0.05) is 35.4 Å². The minimum atomic E-state index is 0. The minimum absolute atomic E-state index is 0. The molecule has 2 aliphatic carbocycles. The fourth-order valence-corrected chi connectivity index (χ4v) is 4.89. The Balaban J connectivity index is 0.000000231. The third-order valence-electron chi connectivity index (χ3n) is 5.39. The summed E-state index contributed by atoms with van der Waals surface area (Å²) in [5.41, 5.74) is 5.51. The second-order valence-electron chi connectivity index (χ2n) is 7.38. The van der Waals surface area contributed by atoms with Gasteiger partial charge in [-0.3, -0.25) is 0 Å². The summed E-state index contributed by atoms with van der Waals surface area (Å²) in [6, 6.07) is 28.1. The zero-order valence-corrected chi connectivity index (χ0v) is 22.1. The molecule has 0 saturated heterocycles. The summed E-state index contributed by atoms with van der Waals surface area (Å²) < 4.78 is 1.79. The molecular weight excluding hydrogens is 562 g/mol. The van der Waals surface area contributed by atoms with E-state index in [4.69, 9.17) is 0 Å². The Morgan fingerprint density at radius 2 is 1.55 bits per heavy atom. The Hall–Kier alpha value is -0.890. The topological polar surface area (TPSA) is 0 Å². The fraction of sp³-hybridized carbons (Fsp3) is 0.308. The maximum absolute atomic E-state index is 3.30. The molecule has 0 aliphatic heterocycles. The Morgan fingerprint density at radius 3 is 2.14 bits per heavy atom. The number of fused-ring (bicyclic) bond motifs is 3. The molecule has 0 radical (unpaired) electrons. The van der Waals surface area contributed by atoms with Gasteiger partial charge in [0.25, 0.3) is 0 Å². The molecule has 0 heterocycles. The van der Waals surface area contributed by atoms with Crippen molar-refractivity contribution in [2.24, 2.45) is 5.92 Å². The average molecular weight is 590 g/mol. The van der Waals surface area contributed by atoms with E-state index in [9.17, 15) is 0 Å². The fourth-order valence-electron chi connectivity index (χ4n) is 3.85. The van der Waals surface area contributed by atoms with Crippen molar-refractivity contribution in [3.8, 4) is 11.1 Å². The normalized spacial score (nSPS) is 13.8. The summed E-state index contributed by atoms with van der Waals surface area (Å²) in [6.07, 6.45) is 8.51. The van der Waals surface area contributed by atoms with Gasteiger partial charge in [0.05, 0.1) is 0 Å². The first-order valence-electron chi connectivity index (χ1n) is 10.1. The van der Waals surface area contributed by atoms with Gasteiger partial charge in [-0.2, -0.15) is 48.0 Å². The van der Waals surface area contributed by atoms with Gasteiger partial charge >= 0.3 is 72.1 Å². The van der Waals surface area contributed by atoms with Crippen molar-refractivity contribution in [3.63, 3.8) is 0 Å². The van der Waals surface area contributed by atoms with Crippen LogP contribution >= 0.6 is 0 Å². The molecule has 2 aliphatic rings. The second-order valence-corrected chi connectivity index (χ2v) is 10.2. The van der Waals surface area contributed by atoms with Crippen molar-refractivity contribution in [2.45, 2.75) is 45.4 Å². The van der Waals surface area contributed by atoms with Crippen molar-refractivity contribution in [3.05, 3.63) is 90.0 Å². The van der Waals surface area contributed by atoms with E-state index in [0.29, 0.717) is 0 Å². The van der Waals surface area contributed by atoms with Crippen LogP contribution in [0.3, 0.4) is 0 Å². The SMILES string of the molecule is C[C](=[Hf+2])C1CCCCC1.[Cl-].[Cl-].[c-]1cccc2c1Cc1ccccc1-2.c1cc[cH-]c1. The van der Waals surface area contributed by atoms with E-state index in [1.54, 1.807) is 3.26 Å². The molecule has 0 spiro atoms. The molecule has 3 heteroatoms. The molecule has 152 valence electrons. The Labute approximate surface area is 203 Å². The van der Waals surface area contributed by atoms with E-state index >= 15 is 0 Å². The van der Waals surface area contributed by atoms with E-state index in [1.165, 1.54) is 78.3 Å². The molecule has 29 heavy (non-hydrogen) atoms. The van der Waals surface area contributed by atoms with Crippen LogP contribution in [0.2, 0.25) is 0 Å². The minimum Gasteiger partial charge on any atom is -1.00 e. The van der Waals surface area contributed by atoms with E-state index < -0.39 is 0 Å². The molecular formula is C26H28Cl2Hf-2.